The molecule has 0 aromatic carbocycles. The van der Waals surface area contributed by atoms with E-state index in [2.05, 4.69) is 16.0 Å². The Morgan fingerprint density at radius 3 is 2.88 bits per heavy atom. The van der Waals surface area contributed by atoms with Crippen molar-refractivity contribution < 1.29 is 4.79 Å². The summed E-state index contributed by atoms with van der Waals surface area (Å²) in [7, 11) is 0. The second-order valence-electron chi connectivity index (χ2n) is 5.01. The van der Waals surface area contributed by atoms with Crippen molar-refractivity contribution in [1.82, 2.24) is 16.0 Å². The van der Waals surface area contributed by atoms with Crippen LogP contribution in [0.4, 0.5) is 0 Å². The van der Waals surface area contributed by atoms with Gasteiger partial charge in [-0.05, 0) is 51.2 Å². The molecule has 1 atom stereocenters. The minimum Gasteiger partial charge on any atom is -0.353 e. The van der Waals surface area contributed by atoms with E-state index in [9.17, 15) is 4.79 Å². The number of rotatable bonds is 6. The van der Waals surface area contributed by atoms with Crippen molar-refractivity contribution in [3.05, 3.63) is 0 Å². The van der Waals surface area contributed by atoms with Crippen LogP contribution in [0.2, 0.25) is 0 Å². The molecule has 0 bridgehead atoms. The van der Waals surface area contributed by atoms with Gasteiger partial charge >= 0.3 is 0 Å². The summed E-state index contributed by atoms with van der Waals surface area (Å²) in [4.78, 5) is 11.4. The van der Waals surface area contributed by atoms with Gasteiger partial charge in [0.2, 0.25) is 5.91 Å². The molecule has 4 nitrogen and oxygen atoms in total. The molecular weight excluding hydrogens is 202 g/mol. The van der Waals surface area contributed by atoms with Crippen LogP contribution >= 0.6 is 0 Å². The summed E-state index contributed by atoms with van der Waals surface area (Å²) < 4.78 is 0. The lowest BCUT2D eigenvalue weighted by atomic mass is 10.00. The number of nitrogens with one attached hydrogen (secondary N) is 3. The fourth-order valence-corrected chi connectivity index (χ4v) is 2.13. The first-order valence-corrected chi connectivity index (χ1v) is 6.55. The fraction of sp³-hybridized carbons (Fsp3) is 0.917. The van der Waals surface area contributed by atoms with E-state index in [1.54, 1.807) is 0 Å². The van der Waals surface area contributed by atoms with Gasteiger partial charge in [-0.25, -0.2) is 0 Å². The first-order valence-electron chi connectivity index (χ1n) is 6.55. The van der Waals surface area contributed by atoms with Gasteiger partial charge in [0.25, 0.3) is 0 Å². The highest BCUT2D eigenvalue weighted by Gasteiger charge is 2.22. The SMILES string of the molecule is O=C(CCNCC1CCCNC1)NC1CC1. The maximum Gasteiger partial charge on any atom is 0.221 e. The number of piperidine rings is 1. The Morgan fingerprint density at radius 1 is 1.31 bits per heavy atom. The van der Waals surface area contributed by atoms with Gasteiger partial charge in [-0.2, -0.15) is 0 Å². The number of amides is 1. The van der Waals surface area contributed by atoms with Crippen LogP contribution in [-0.2, 0) is 4.79 Å². The summed E-state index contributed by atoms with van der Waals surface area (Å²) in [6.07, 6.45) is 5.57. The molecule has 1 aliphatic carbocycles. The number of hydrogen-bond acceptors (Lipinski definition) is 3. The average molecular weight is 225 g/mol. The normalized spacial score (nSPS) is 25.4. The molecule has 1 amide bonds. The van der Waals surface area contributed by atoms with Gasteiger partial charge in [-0.15, -0.1) is 0 Å². The zero-order valence-electron chi connectivity index (χ0n) is 9.93. The summed E-state index contributed by atoms with van der Waals surface area (Å²) in [6.45, 7) is 4.15. The van der Waals surface area contributed by atoms with E-state index in [0.29, 0.717) is 12.5 Å². The van der Waals surface area contributed by atoms with Gasteiger partial charge in [-0.1, -0.05) is 0 Å². The second kappa shape index (κ2) is 6.21. The summed E-state index contributed by atoms with van der Waals surface area (Å²) in [5.74, 6) is 0.956. The number of carbonyl (C=O) groups excluding carboxylic acids is 1. The Hall–Kier alpha value is -0.610. The smallest absolute Gasteiger partial charge is 0.221 e. The zero-order chi connectivity index (χ0) is 11.2. The van der Waals surface area contributed by atoms with E-state index < -0.39 is 0 Å². The number of carbonyl (C=O) groups is 1. The van der Waals surface area contributed by atoms with Crippen molar-refractivity contribution in [1.29, 1.82) is 0 Å². The van der Waals surface area contributed by atoms with E-state index in [0.717, 1.165) is 25.6 Å². The molecule has 2 aliphatic rings. The maximum atomic E-state index is 11.4. The van der Waals surface area contributed by atoms with Gasteiger partial charge in [-0.3, -0.25) is 4.79 Å². The molecule has 0 spiro atoms. The molecular formula is C12H23N3O. The molecule has 1 saturated heterocycles. The molecule has 1 aliphatic heterocycles. The lowest BCUT2D eigenvalue weighted by molar-refractivity contribution is -0.121. The van der Waals surface area contributed by atoms with Crippen LogP contribution in [-0.4, -0.2) is 38.1 Å². The van der Waals surface area contributed by atoms with Gasteiger partial charge in [0.1, 0.15) is 0 Å². The topological polar surface area (TPSA) is 53.2 Å². The van der Waals surface area contributed by atoms with Crippen molar-refractivity contribution in [2.24, 2.45) is 5.92 Å². The molecule has 1 unspecified atom stereocenters. The lowest BCUT2D eigenvalue weighted by Gasteiger charge is -2.22. The molecule has 4 heteroatoms. The molecule has 3 N–H and O–H groups in total. The van der Waals surface area contributed by atoms with Crippen molar-refractivity contribution in [3.8, 4) is 0 Å². The molecule has 16 heavy (non-hydrogen) atoms. The van der Waals surface area contributed by atoms with Crippen molar-refractivity contribution in [2.45, 2.75) is 38.1 Å². The summed E-state index contributed by atoms with van der Waals surface area (Å²) >= 11 is 0. The standard InChI is InChI=1S/C12H23N3O/c16-12(15-11-3-4-11)5-7-14-9-10-2-1-6-13-8-10/h10-11,13-14H,1-9H2,(H,15,16). The van der Waals surface area contributed by atoms with Crippen molar-refractivity contribution in [2.75, 3.05) is 26.2 Å². The Morgan fingerprint density at radius 2 is 2.19 bits per heavy atom. The molecule has 1 saturated carbocycles. The van der Waals surface area contributed by atoms with Gasteiger partial charge in [0.05, 0.1) is 0 Å². The van der Waals surface area contributed by atoms with Crippen LogP contribution in [0.5, 0.6) is 0 Å². The third-order valence-corrected chi connectivity index (χ3v) is 3.30. The Bertz CT molecular complexity index is 222. The summed E-state index contributed by atoms with van der Waals surface area (Å²) in [5.41, 5.74) is 0. The monoisotopic (exact) mass is 225 g/mol. The minimum atomic E-state index is 0.205. The third-order valence-electron chi connectivity index (χ3n) is 3.30. The highest BCUT2D eigenvalue weighted by atomic mass is 16.1. The molecule has 2 rings (SSSR count). The van der Waals surface area contributed by atoms with E-state index in [1.165, 1.54) is 32.2 Å². The highest BCUT2D eigenvalue weighted by molar-refractivity contribution is 5.76. The van der Waals surface area contributed by atoms with E-state index >= 15 is 0 Å². The molecule has 0 aromatic rings. The molecule has 2 fully saturated rings. The van der Waals surface area contributed by atoms with Crippen LogP contribution in [0, 0.1) is 5.92 Å². The largest absolute Gasteiger partial charge is 0.353 e. The molecule has 92 valence electrons. The summed E-state index contributed by atoms with van der Waals surface area (Å²) in [5, 5.41) is 9.78. The van der Waals surface area contributed by atoms with Crippen molar-refractivity contribution in [3.63, 3.8) is 0 Å². The van der Waals surface area contributed by atoms with Crippen LogP contribution < -0.4 is 16.0 Å². The van der Waals surface area contributed by atoms with E-state index in [4.69, 9.17) is 0 Å². The lowest BCUT2D eigenvalue weighted by Crippen LogP contribution is -2.37. The molecule has 1 heterocycles. The first kappa shape index (κ1) is 11.9. The molecule has 0 radical (unpaired) electrons. The van der Waals surface area contributed by atoms with E-state index in [1.807, 2.05) is 0 Å². The Balaban J connectivity index is 1.45. The van der Waals surface area contributed by atoms with Gasteiger partial charge in [0, 0.05) is 19.0 Å². The van der Waals surface area contributed by atoms with Crippen LogP contribution in [0.1, 0.15) is 32.1 Å². The summed E-state index contributed by atoms with van der Waals surface area (Å²) in [6, 6.07) is 0.495. The quantitative estimate of drug-likeness (QED) is 0.568. The Labute approximate surface area is 97.6 Å². The first-order chi connectivity index (χ1) is 7.84. The van der Waals surface area contributed by atoms with Gasteiger partial charge < -0.3 is 16.0 Å². The van der Waals surface area contributed by atoms with Crippen molar-refractivity contribution >= 4 is 5.91 Å². The van der Waals surface area contributed by atoms with Crippen LogP contribution in [0.3, 0.4) is 0 Å². The minimum absolute atomic E-state index is 0.205. The molecule has 0 aromatic heterocycles. The van der Waals surface area contributed by atoms with Gasteiger partial charge in [0.15, 0.2) is 0 Å². The fourth-order valence-electron chi connectivity index (χ4n) is 2.13. The maximum absolute atomic E-state index is 11.4. The van der Waals surface area contributed by atoms with Crippen LogP contribution in [0.25, 0.3) is 0 Å². The van der Waals surface area contributed by atoms with Crippen LogP contribution in [0.15, 0.2) is 0 Å². The Kier molecular flexibility index (Phi) is 4.60. The zero-order valence-corrected chi connectivity index (χ0v) is 9.93. The third kappa shape index (κ3) is 4.49. The predicted octanol–water partition coefficient (Wildman–Crippen LogP) is 0.244. The predicted molar refractivity (Wildman–Crippen MR) is 64.2 cm³/mol. The average Bonchev–Trinajstić information content (AvgIpc) is 3.10. The second-order valence-corrected chi connectivity index (χ2v) is 5.01. The van der Waals surface area contributed by atoms with E-state index in [-0.39, 0.29) is 5.91 Å². The highest BCUT2D eigenvalue weighted by Crippen LogP contribution is 2.18. The number of hydrogen-bond donors (Lipinski definition) is 3.